The molecule has 0 spiro atoms. The molecule has 1 radical (unpaired) electrons. The summed E-state index contributed by atoms with van der Waals surface area (Å²) in [7, 11) is 0. The minimum Gasteiger partial charge on any atom is -0.512 e. The molecule has 175 valence electrons. The topological polar surface area (TPSA) is 72.6 Å². The first kappa shape index (κ1) is 27.6. The number of hydrogen-bond donors (Lipinski definition) is 1. The van der Waals surface area contributed by atoms with E-state index in [1.54, 1.807) is 18.5 Å². The van der Waals surface area contributed by atoms with E-state index in [0.717, 1.165) is 18.2 Å². The van der Waals surface area contributed by atoms with Crippen LogP contribution < -0.4 is 4.74 Å². The molecule has 5 nitrogen and oxygen atoms in total. The van der Waals surface area contributed by atoms with Gasteiger partial charge in [0.2, 0.25) is 0 Å². The van der Waals surface area contributed by atoms with Crippen molar-refractivity contribution >= 4 is 16.8 Å². The van der Waals surface area contributed by atoms with Crippen LogP contribution in [0.1, 0.15) is 54.4 Å². The van der Waals surface area contributed by atoms with Crippen LogP contribution in [0.25, 0.3) is 11.0 Å². The Morgan fingerprint density at radius 2 is 1.81 bits per heavy atom. The van der Waals surface area contributed by atoms with Gasteiger partial charge in [-0.25, -0.2) is 4.98 Å². The maximum Gasteiger partial charge on any atom is 0.261 e. The van der Waals surface area contributed by atoms with Gasteiger partial charge in [-0.1, -0.05) is 41.5 Å². The second-order valence-electron chi connectivity index (χ2n) is 8.65. The molecule has 1 N–H and O–H groups in total. The van der Waals surface area contributed by atoms with Crippen molar-refractivity contribution < 1.29 is 39.2 Å². The second-order valence-corrected chi connectivity index (χ2v) is 8.65. The fraction of sp³-hybridized carbons (Fsp3) is 0.385. The van der Waals surface area contributed by atoms with Crippen LogP contribution in [0.4, 0.5) is 0 Å². The van der Waals surface area contributed by atoms with Crippen molar-refractivity contribution in [3.8, 4) is 11.6 Å². The molecule has 0 saturated carbocycles. The van der Waals surface area contributed by atoms with E-state index in [1.807, 2.05) is 71.9 Å². The number of benzene rings is 1. The van der Waals surface area contributed by atoms with Gasteiger partial charge in [0.05, 0.1) is 6.26 Å². The molecule has 0 aliphatic rings. The van der Waals surface area contributed by atoms with Crippen LogP contribution in [0.3, 0.4) is 0 Å². The van der Waals surface area contributed by atoms with Crippen molar-refractivity contribution in [2.24, 2.45) is 10.8 Å². The maximum absolute atomic E-state index is 11.8. The molecule has 32 heavy (non-hydrogen) atoms. The number of para-hydroxylation sites is 1. The van der Waals surface area contributed by atoms with Gasteiger partial charge in [-0.15, -0.1) is 12.1 Å². The molecule has 2 heterocycles. The largest absolute Gasteiger partial charge is 0.512 e. The van der Waals surface area contributed by atoms with Crippen molar-refractivity contribution in [3.63, 3.8) is 0 Å². The molecule has 0 aliphatic carbocycles. The first-order valence-corrected chi connectivity index (χ1v) is 10.5. The van der Waals surface area contributed by atoms with E-state index in [-0.39, 0.29) is 42.5 Å². The number of aliphatic hydroxyl groups excluding tert-OH is 1. The third-order valence-electron chi connectivity index (χ3n) is 5.62. The normalized spacial score (nSPS) is 11.9. The van der Waals surface area contributed by atoms with Crippen LogP contribution >= 0.6 is 0 Å². The predicted octanol–water partition coefficient (Wildman–Crippen LogP) is 7.29. The Labute approximate surface area is 204 Å². The van der Waals surface area contributed by atoms with Crippen molar-refractivity contribution in [3.05, 3.63) is 66.8 Å². The van der Waals surface area contributed by atoms with Gasteiger partial charge in [-0.2, -0.15) is 18.2 Å². The van der Waals surface area contributed by atoms with Crippen molar-refractivity contribution in [1.29, 1.82) is 0 Å². The summed E-state index contributed by atoms with van der Waals surface area (Å²) in [6, 6.07) is 14.1. The molecule has 0 atom stereocenters. The predicted molar refractivity (Wildman–Crippen MR) is 123 cm³/mol. The molecule has 3 rings (SSSR count). The molecular weight excluding hydrogens is 583 g/mol. The zero-order valence-electron chi connectivity index (χ0n) is 19.6. The van der Waals surface area contributed by atoms with Gasteiger partial charge in [-0.05, 0) is 25.0 Å². The Hall–Kier alpha value is -2.43. The Kier molecular flexibility index (Phi) is 10.3. The fourth-order valence-electron chi connectivity index (χ4n) is 2.36. The molecule has 3 aromatic rings. The molecular formula is C26H32IrNO4-. The number of pyridine rings is 1. The molecule has 0 fully saturated rings. The minimum atomic E-state index is -0.377. The van der Waals surface area contributed by atoms with Gasteiger partial charge in [0.1, 0.15) is 5.76 Å². The number of carbonyl (C=O) groups excluding carboxylic acids is 1. The summed E-state index contributed by atoms with van der Waals surface area (Å²) in [4.78, 5) is 16.0. The van der Waals surface area contributed by atoms with E-state index in [4.69, 9.17) is 9.15 Å². The van der Waals surface area contributed by atoms with E-state index in [2.05, 4.69) is 11.1 Å². The van der Waals surface area contributed by atoms with Crippen LogP contribution in [-0.4, -0.2) is 15.9 Å². The van der Waals surface area contributed by atoms with Gasteiger partial charge in [0.15, 0.2) is 11.4 Å². The number of fused-ring (bicyclic) bond motifs is 1. The van der Waals surface area contributed by atoms with E-state index in [9.17, 15) is 9.90 Å². The molecule has 1 aromatic carbocycles. The standard InChI is InChI=1S/C13H8NO2.C13H24O2.Ir/c1-2-4-11(5-3-1)16-13-12-10(6-8-14-13)7-9-15-12;1-7-12(3,4)10(14)9-11(15)13(5,6)8-2;/h1-4,6-9H;9,14H,7-8H2,1-6H3;/q-1;;/b;10-9-;. The van der Waals surface area contributed by atoms with Crippen molar-refractivity contribution in [1.82, 2.24) is 4.98 Å². The Balaban J connectivity index is 0.000000312. The number of nitrogens with zero attached hydrogens (tertiary/aromatic N) is 1. The molecule has 2 aromatic heterocycles. The average molecular weight is 615 g/mol. The number of carbonyl (C=O) groups is 1. The van der Waals surface area contributed by atoms with Crippen LogP contribution in [0, 0.1) is 16.9 Å². The van der Waals surface area contributed by atoms with Crippen molar-refractivity contribution in [2.75, 3.05) is 0 Å². The number of furan rings is 1. The number of hydrogen-bond acceptors (Lipinski definition) is 5. The fourth-order valence-corrected chi connectivity index (χ4v) is 2.36. The van der Waals surface area contributed by atoms with Crippen LogP contribution in [-0.2, 0) is 24.9 Å². The van der Waals surface area contributed by atoms with Gasteiger partial charge < -0.3 is 14.3 Å². The number of aromatic nitrogens is 1. The molecule has 6 heteroatoms. The summed E-state index contributed by atoms with van der Waals surface area (Å²) in [5.74, 6) is 1.28. The zero-order chi connectivity index (χ0) is 23.1. The van der Waals surface area contributed by atoms with Crippen LogP contribution in [0.15, 0.2) is 65.1 Å². The average Bonchev–Trinajstić information content (AvgIpc) is 3.25. The molecule has 0 bridgehead atoms. The van der Waals surface area contributed by atoms with Crippen LogP contribution in [0.5, 0.6) is 11.6 Å². The van der Waals surface area contributed by atoms with Crippen molar-refractivity contribution in [2.45, 2.75) is 54.4 Å². The van der Waals surface area contributed by atoms with E-state index < -0.39 is 0 Å². The molecule has 0 unspecified atom stereocenters. The summed E-state index contributed by atoms with van der Waals surface area (Å²) >= 11 is 0. The number of rotatable bonds is 7. The van der Waals surface area contributed by atoms with Gasteiger partial charge in [0, 0.05) is 54.3 Å². The van der Waals surface area contributed by atoms with E-state index >= 15 is 0 Å². The molecule has 0 saturated heterocycles. The summed E-state index contributed by atoms with van der Waals surface area (Å²) in [6.07, 6.45) is 6.30. The number of aliphatic hydroxyl groups is 1. The smallest absolute Gasteiger partial charge is 0.261 e. The monoisotopic (exact) mass is 615 g/mol. The minimum absolute atomic E-state index is 0. The number of allylic oxidation sites excluding steroid dienone is 2. The van der Waals surface area contributed by atoms with Gasteiger partial charge in [0.25, 0.3) is 5.88 Å². The first-order chi connectivity index (χ1) is 14.6. The third kappa shape index (κ3) is 7.32. The number of ketones is 1. The molecule has 0 aliphatic heterocycles. The number of ether oxygens (including phenoxy) is 1. The summed E-state index contributed by atoms with van der Waals surface area (Å²) in [6.45, 7) is 11.7. The van der Waals surface area contributed by atoms with Crippen LogP contribution in [0.2, 0.25) is 0 Å². The Morgan fingerprint density at radius 1 is 1.12 bits per heavy atom. The third-order valence-corrected chi connectivity index (χ3v) is 5.62. The SMILES string of the molecule is CCC(C)(C)C(=O)/C=C(\O)C(C)(C)CC.[Ir].[c-]1ccccc1Oc1nccc2ccoc12. The Bertz CT molecular complexity index is 1020. The Morgan fingerprint density at radius 3 is 2.41 bits per heavy atom. The molecule has 0 amide bonds. The summed E-state index contributed by atoms with van der Waals surface area (Å²) < 4.78 is 10.9. The quantitative estimate of drug-likeness (QED) is 0.172. The van der Waals surface area contributed by atoms with E-state index in [0.29, 0.717) is 17.2 Å². The van der Waals surface area contributed by atoms with Gasteiger partial charge >= 0.3 is 0 Å². The van der Waals surface area contributed by atoms with E-state index in [1.165, 1.54) is 6.08 Å². The summed E-state index contributed by atoms with van der Waals surface area (Å²) in [5.41, 5.74) is -0.0307. The second kappa shape index (κ2) is 12.0. The zero-order valence-corrected chi connectivity index (χ0v) is 22.0. The van der Waals surface area contributed by atoms with Gasteiger partial charge in [-0.3, -0.25) is 4.79 Å². The maximum atomic E-state index is 11.8. The first-order valence-electron chi connectivity index (χ1n) is 10.5. The summed E-state index contributed by atoms with van der Waals surface area (Å²) in [5, 5.41) is 10.8.